The van der Waals surface area contributed by atoms with E-state index in [4.69, 9.17) is 5.73 Å². The number of nitrogens with one attached hydrogen (secondary N) is 1. The van der Waals surface area contributed by atoms with Crippen LogP contribution in [0, 0.1) is 0 Å². The second kappa shape index (κ2) is 4.66. The summed E-state index contributed by atoms with van der Waals surface area (Å²) in [6, 6.07) is 0. The second-order valence-electron chi connectivity index (χ2n) is 4.43. The molecule has 6 nitrogen and oxygen atoms in total. The number of anilines is 1. The minimum atomic E-state index is -3.31. The fraction of sp³-hybridized carbons (Fsp3) is 0.700. The van der Waals surface area contributed by atoms with Crippen molar-refractivity contribution in [3.8, 4) is 0 Å². The van der Waals surface area contributed by atoms with Crippen LogP contribution in [-0.2, 0) is 23.6 Å². The summed E-state index contributed by atoms with van der Waals surface area (Å²) in [5, 5.41) is 3.80. The van der Waals surface area contributed by atoms with Crippen molar-refractivity contribution in [2.24, 2.45) is 12.8 Å². The summed E-state index contributed by atoms with van der Waals surface area (Å²) in [5.41, 5.74) is 6.26. The van der Waals surface area contributed by atoms with Crippen LogP contribution in [0.15, 0.2) is 6.20 Å². The Balaban J connectivity index is 2.19. The van der Waals surface area contributed by atoms with E-state index in [1.54, 1.807) is 17.9 Å². The van der Waals surface area contributed by atoms with Gasteiger partial charge in [-0.1, -0.05) is 12.8 Å². The lowest BCUT2D eigenvalue weighted by atomic mass is 10.3. The van der Waals surface area contributed by atoms with Crippen molar-refractivity contribution in [3.63, 3.8) is 0 Å². The normalized spacial score (nSPS) is 17.5. The van der Waals surface area contributed by atoms with Crippen molar-refractivity contribution in [1.29, 1.82) is 0 Å². The molecule has 1 heterocycles. The Morgan fingerprint density at radius 3 is 2.76 bits per heavy atom. The first-order valence-corrected chi connectivity index (χ1v) is 7.32. The third kappa shape index (κ3) is 2.61. The van der Waals surface area contributed by atoms with Gasteiger partial charge in [0.15, 0.2) is 5.82 Å². The van der Waals surface area contributed by atoms with Crippen LogP contribution in [0.4, 0.5) is 5.82 Å². The molecule has 0 aromatic carbocycles. The van der Waals surface area contributed by atoms with Gasteiger partial charge in [0.1, 0.15) is 0 Å². The molecule has 7 heteroatoms. The monoisotopic (exact) mass is 258 g/mol. The second-order valence-corrected chi connectivity index (χ2v) is 6.40. The maximum absolute atomic E-state index is 12.1. The van der Waals surface area contributed by atoms with Crippen LogP contribution in [0.25, 0.3) is 0 Å². The molecule has 0 bridgehead atoms. The van der Waals surface area contributed by atoms with Gasteiger partial charge in [-0.2, -0.15) is 5.10 Å². The van der Waals surface area contributed by atoms with Gasteiger partial charge in [-0.25, -0.2) is 8.42 Å². The number of nitrogens with two attached hydrogens (primary N) is 1. The van der Waals surface area contributed by atoms with Gasteiger partial charge in [-0.05, 0) is 12.8 Å². The molecule has 17 heavy (non-hydrogen) atoms. The number of aryl methyl sites for hydroxylation is 1. The Labute approximate surface area is 101 Å². The molecule has 0 atom stereocenters. The van der Waals surface area contributed by atoms with Crippen LogP contribution in [0.1, 0.15) is 31.2 Å². The molecule has 1 aliphatic carbocycles. The SMILES string of the molecule is Cn1cc(CN)c(NS(=O)(=O)C2CCCC2)n1. The highest BCUT2D eigenvalue weighted by molar-refractivity contribution is 7.93. The molecule has 96 valence electrons. The van der Waals surface area contributed by atoms with E-state index < -0.39 is 10.0 Å². The number of hydrogen-bond donors (Lipinski definition) is 2. The number of aromatic nitrogens is 2. The van der Waals surface area contributed by atoms with E-state index >= 15 is 0 Å². The van der Waals surface area contributed by atoms with Crippen LogP contribution < -0.4 is 10.5 Å². The third-order valence-electron chi connectivity index (χ3n) is 3.10. The molecular formula is C10H18N4O2S. The van der Waals surface area contributed by atoms with E-state index in [2.05, 4.69) is 9.82 Å². The van der Waals surface area contributed by atoms with Crippen molar-refractivity contribution in [2.45, 2.75) is 37.5 Å². The van der Waals surface area contributed by atoms with Gasteiger partial charge in [0.25, 0.3) is 0 Å². The third-order valence-corrected chi connectivity index (χ3v) is 4.93. The molecule has 1 saturated carbocycles. The summed E-state index contributed by atoms with van der Waals surface area (Å²) in [5.74, 6) is 0.363. The fourth-order valence-electron chi connectivity index (χ4n) is 2.19. The molecule has 2 rings (SSSR count). The van der Waals surface area contributed by atoms with Crippen molar-refractivity contribution in [3.05, 3.63) is 11.8 Å². The topological polar surface area (TPSA) is 90.0 Å². The van der Waals surface area contributed by atoms with Gasteiger partial charge in [-0.3, -0.25) is 9.40 Å². The molecule has 0 radical (unpaired) electrons. The highest BCUT2D eigenvalue weighted by Gasteiger charge is 2.29. The lowest BCUT2D eigenvalue weighted by molar-refractivity contribution is 0.584. The predicted molar refractivity (Wildman–Crippen MR) is 65.9 cm³/mol. The van der Waals surface area contributed by atoms with E-state index in [1.807, 2.05) is 0 Å². The molecule has 1 fully saturated rings. The maximum atomic E-state index is 12.1. The van der Waals surface area contributed by atoms with Gasteiger partial charge < -0.3 is 5.73 Å². The van der Waals surface area contributed by atoms with Gasteiger partial charge in [-0.15, -0.1) is 0 Å². The quantitative estimate of drug-likeness (QED) is 0.826. The Morgan fingerprint density at radius 1 is 1.53 bits per heavy atom. The summed E-state index contributed by atoms with van der Waals surface area (Å²) in [6.07, 6.45) is 5.17. The molecule has 0 saturated heterocycles. The van der Waals surface area contributed by atoms with E-state index in [9.17, 15) is 8.42 Å². The maximum Gasteiger partial charge on any atom is 0.236 e. The highest BCUT2D eigenvalue weighted by atomic mass is 32.2. The van der Waals surface area contributed by atoms with Crippen molar-refractivity contribution >= 4 is 15.8 Å². The van der Waals surface area contributed by atoms with Gasteiger partial charge in [0.05, 0.1) is 5.25 Å². The van der Waals surface area contributed by atoms with Gasteiger partial charge >= 0.3 is 0 Å². The largest absolute Gasteiger partial charge is 0.326 e. The standard InChI is InChI=1S/C10H18N4O2S/c1-14-7-8(6-11)10(12-14)13-17(15,16)9-4-2-3-5-9/h7,9H,2-6,11H2,1H3,(H,12,13). The van der Waals surface area contributed by atoms with Crippen LogP contribution in [0.3, 0.4) is 0 Å². The van der Waals surface area contributed by atoms with E-state index in [1.165, 1.54) is 0 Å². The Bertz CT molecular complexity index is 488. The molecule has 1 aliphatic rings. The zero-order valence-electron chi connectivity index (χ0n) is 9.89. The summed E-state index contributed by atoms with van der Waals surface area (Å²) < 4.78 is 28.3. The number of nitrogens with zero attached hydrogens (tertiary/aromatic N) is 2. The minimum absolute atomic E-state index is 0.274. The predicted octanol–water partition coefficient (Wildman–Crippen LogP) is 0.563. The fourth-order valence-corrected chi connectivity index (χ4v) is 3.75. The molecule has 0 aliphatic heterocycles. The first-order valence-electron chi connectivity index (χ1n) is 5.77. The molecule has 1 aromatic heterocycles. The van der Waals surface area contributed by atoms with Crippen molar-refractivity contribution < 1.29 is 8.42 Å². The minimum Gasteiger partial charge on any atom is -0.326 e. The van der Waals surface area contributed by atoms with E-state index in [0.29, 0.717) is 11.4 Å². The van der Waals surface area contributed by atoms with Gasteiger partial charge in [0.2, 0.25) is 10.0 Å². The van der Waals surface area contributed by atoms with Crippen LogP contribution in [-0.4, -0.2) is 23.4 Å². The summed E-state index contributed by atoms with van der Waals surface area (Å²) in [6.45, 7) is 0.274. The van der Waals surface area contributed by atoms with Gasteiger partial charge in [0, 0.05) is 25.4 Å². The lowest BCUT2D eigenvalue weighted by Gasteiger charge is -2.12. The zero-order chi connectivity index (χ0) is 12.5. The Kier molecular flexibility index (Phi) is 3.39. The van der Waals surface area contributed by atoms with Crippen molar-refractivity contribution in [2.75, 3.05) is 4.72 Å². The Morgan fingerprint density at radius 2 is 2.18 bits per heavy atom. The lowest BCUT2D eigenvalue weighted by Crippen LogP contribution is -2.26. The molecule has 0 amide bonds. The first kappa shape index (κ1) is 12.4. The molecule has 0 unspecified atom stereocenters. The number of sulfonamides is 1. The first-order chi connectivity index (χ1) is 8.03. The number of hydrogen-bond acceptors (Lipinski definition) is 4. The average molecular weight is 258 g/mol. The van der Waals surface area contributed by atoms with E-state index in [-0.39, 0.29) is 11.8 Å². The van der Waals surface area contributed by atoms with Crippen molar-refractivity contribution in [1.82, 2.24) is 9.78 Å². The average Bonchev–Trinajstić information content (AvgIpc) is 2.86. The molecule has 1 aromatic rings. The molecule has 0 spiro atoms. The molecule has 3 N–H and O–H groups in total. The van der Waals surface area contributed by atoms with Crippen LogP contribution in [0.5, 0.6) is 0 Å². The number of rotatable bonds is 4. The molecular weight excluding hydrogens is 240 g/mol. The zero-order valence-corrected chi connectivity index (χ0v) is 10.7. The van der Waals surface area contributed by atoms with E-state index in [0.717, 1.165) is 25.7 Å². The van der Waals surface area contributed by atoms with Crippen LogP contribution >= 0.6 is 0 Å². The summed E-state index contributed by atoms with van der Waals surface area (Å²) in [7, 11) is -1.57. The summed E-state index contributed by atoms with van der Waals surface area (Å²) >= 11 is 0. The smallest absolute Gasteiger partial charge is 0.236 e. The van der Waals surface area contributed by atoms with Crippen LogP contribution in [0.2, 0.25) is 0 Å². The summed E-state index contributed by atoms with van der Waals surface area (Å²) in [4.78, 5) is 0. The Hall–Kier alpha value is -1.08. The highest BCUT2D eigenvalue weighted by Crippen LogP contribution is 2.26.